The monoisotopic (exact) mass is 419 g/mol. The van der Waals surface area contributed by atoms with Crippen LogP contribution in [0, 0.1) is 27.7 Å². The molecule has 4 nitrogen and oxygen atoms in total. The number of nitrogens with zero attached hydrogens (tertiary/aromatic N) is 1. The first kappa shape index (κ1) is 20.2. The Labute approximate surface area is 177 Å². The quantitative estimate of drug-likeness (QED) is 0.481. The first-order valence-electron chi connectivity index (χ1n) is 9.89. The van der Waals surface area contributed by atoms with Crippen molar-refractivity contribution in [2.45, 2.75) is 39.0 Å². The summed E-state index contributed by atoms with van der Waals surface area (Å²) >= 11 is 0. The van der Waals surface area contributed by atoms with Crippen molar-refractivity contribution in [1.82, 2.24) is 3.97 Å². The van der Waals surface area contributed by atoms with Crippen LogP contribution in [-0.4, -0.2) is 17.5 Å². The van der Waals surface area contributed by atoms with Crippen LogP contribution in [-0.2, 0) is 16.4 Å². The van der Waals surface area contributed by atoms with E-state index in [1.54, 1.807) is 18.3 Å². The van der Waals surface area contributed by atoms with Crippen LogP contribution in [0.15, 0.2) is 65.7 Å². The molecule has 0 spiro atoms. The van der Waals surface area contributed by atoms with Gasteiger partial charge in [0, 0.05) is 11.6 Å². The lowest BCUT2D eigenvalue weighted by Gasteiger charge is -2.08. The Bertz CT molecular complexity index is 1340. The predicted molar refractivity (Wildman–Crippen MR) is 121 cm³/mol. The number of benzene rings is 3. The molecule has 154 valence electrons. The van der Waals surface area contributed by atoms with Gasteiger partial charge >= 0.3 is 0 Å². The minimum Gasteiger partial charge on any atom is -0.507 e. The van der Waals surface area contributed by atoms with Crippen LogP contribution in [0.25, 0.3) is 10.9 Å². The Morgan fingerprint density at radius 2 is 1.43 bits per heavy atom. The average Bonchev–Trinajstić information content (AvgIpc) is 3.05. The first-order valence-corrected chi connectivity index (χ1v) is 11.3. The molecule has 0 saturated heterocycles. The molecule has 1 heterocycles. The third-order valence-electron chi connectivity index (χ3n) is 5.53. The van der Waals surface area contributed by atoms with Crippen LogP contribution < -0.4 is 0 Å². The molecule has 0 amide bonds. The molecule has 4 rings (SSSR count). The fraction of sp³-hybridized carbons (Fsp3) is 0.200. The second-order valence-electron chi connectivity index (χ2n) is 8.04. The van der Waals surface area contributed by atoms with Gasteiger partial charge < -0.3 is 5.11 Å². The maximum absolute atomic E-state index is 13.4. The van der Waals surface area contributed by atoms with Crippen LogP contribution >= 0.6 is 0 Å². The predicted octanol–water partition coefficient (Wildman–Crippen LogP) is 5.41. The molecule has 0 aliphatic carbocycles. The highest BCUT2D eigenvalue weighted by molar-refractivity contribution is 7.90. The smallest absolute Gasteiger partial charge is 0.268 e. The van der Waals surface area contributed by atoms with Crippen molar-refractivity contribution in [1.29, 1.82) is 0 Å². The molecule has 0 saturated carbocycles. The zero-order chi connectivity index (χ0) is 21.6. The van der Waals surface area contributed by atoms with E-state index in [1.165, 1.54) is 3.97 Å². The highest BCUT2D eigenvalue weighted by atomic mass is 32.2. The van der Waals surface area contributed by atoms with E-state index in [4.69, 9.17) is 0 Å². The van der Waals surface area contributed by atoms with E-state index < -0.39 is 10.0 Å². The first-order chi connectivity index (χ1) is 14.2. The van der Waals surface area contributed by atoms with Crippen molar-refractivity contribution in [2.75, 3.05) is 0 Å². The molecule has 5 heteroatoms. The van der Waals surface area contributed by atoms with Gasteiger partial charge in [-0.15, -0.1) is 0 Å². The lowest BCUT2D eigenvalue weighted by Crippen LogP contribution is -2.11. The van der Waals surface area contributed by atoms with Gasteiger partial charge in [0.25, 0.3) is 10.0 Å². The highest BCUT2D eigenvalue weighted by Gasteiger charge is 2.21. The molecule has 0 radical (unpaired) electrons. The summed E-state index contributed by atoms with van der Waals surface area (Å²) in [5, 5.41) is 11.0. The second kappa shape index (κ2) is 7.33. The number of aromatic hydroxyl groups is 1. The van der Waals surface area contributed by atoms with Crippen LogP contribution in [0.1, 0.15) is 33.4 Å². The number of phenolic OH excluding ortho intramolecular Hbond substituents is 1. The zero-order valence-corrected chi connectivity index (χ0v) is 18.4. The standard InChI is InChI=1S/C25H25NO3S/c1-16-5-8-22(9-6-16)30(28,29)26-15-21(23-11-17(2)7-10-24(23)26)14-20-12-18(3)25(27)19(4)13-20/h5-13,15,27H,14H2,1-4H3. The summed E-state index contributed by atoms with van der Waals surface area (Å²) in [7, 11) is -3.71. The molecule has 4 aromatic rings. The highest BCUT2D eigenvalue weighted by Crippen LogP contribution is 2.30. The third kappa shape index (κ3) is 3.50. The van der Waals surface area contributed by atoms with Gasteiger partial charge in [-0.1, -0.05) is 41.5 Å². The SMILES string of the molecule is Cc1ccc(S(=O)(=O)n2cc(Cc3cc(C)c(O)c(C)c3)c3cc(C)ccc32)cc1. The summed E-state index contributed by atoms with van der Waals surface area (Å²) < 4.78 is 28.2. The van der Waals surface area contributed by atoms with Gasteiger partial charge in [-0.25, -0.2) is 12.4 Å². The summed E-state index contributed by atoms with van der Waals surface area (Å²) in [6.07, 6.45) is 2.31. The maximum atomic E-state index is 13.4. The molecule has 0 fully saturated rings. The number of fused-ring (bicyclic) bond motifs is 1. The van der Waals surface area contributed by atoms with E-state index >= 15 is 0 Å². The normalized spacial score (nSPS) is 11.9. The number of hydrogen-bond donors (Lipinski definition) is 1. The summed E-state index contributed by atoms with van der Waals surface area (Å²) in [5.74, 6) is 0.305. The Morgan fingerprint density at radius 3 is 2.07 bits per heavy atom. The number of aromatic nitrogens is 1. The van der Waals surface area contributed by atoms with Crippen molar-refractivity contribution < 1.29 is 13.5 Å². The van der Waals surface area contributed by atoms with Crippen LogP contribution in [0.4, 0.5) is 0 Å². The Kier molecular flexibility index (Phi) is 4.94. The van der Waals surface area contributed by atoms with Gasteiger partial charge in [-0.05, 0) is 80.6 Å². The molecule has 0 atom stereocenters. The molecule has 0 aliphatic heterocycles. The van der Waals surface area contributed by atoms with Crippen molar-refractivity contribution in [3.05, 3.63) is 94.2 Å². The summed E-state index contributed by atoms with van der Waals surface area (Å²) in [4.78, 5) is 0.272. The van der Waals surface area contributed by atoms with Crippen molar-refractivity contribution in [3.8, 4) is 5.75 Å². The maximum Gasteiger partial charge on any atom is 0.268 e. The van der Waals surface area contributed by atoms with E-state index in [2.05, 4.69) is 0 Å². The molecule has 3 aromatic carbocycles. The van der Waals surface area contributed by atoms with Crippen LogP contribution in [0.3, 0.4) is 0 Å². The lowest BCUT2D eigenvalue weighted by atomic mass is 9.99. The lowest BCUT2D eigenvalue weighted by molar-refractivity contribution is 0.466. The van der Waals surface area contributed by atoms with Crippen molar-refractivity contribution in [3.63, 3.8) is 0 Å². The zero-order valence-electron chi connectivity index (χ0n) is 17.6. The van der Waals surface area contributed by atoms with E-state index in [1.807, 2.05) is 70.2 Å². The van der Waals surface area contributed by atoms with E-state index in [0.717, 1.165) is 38.8 Å². The largest absolute Gasteiger partial charge is 0.507 e. The van der Waals surface area contributed by atoms with Crippen molar-refractivity contribution >= 4 is 20.9 Å². The summed E-state index contributed by atoms with van der Waals surface area (Å²) in [6, 6.07) is 16.7. The minimum absolute atomic E-state index is 0.272. The fourth-order valence-electron chi connectivity index (χ4n) is 3.91. The summed E-state index contributed by atoms with van der Waals surface area (Å²) in [6.45, 7) is 7.69. The molecule has 0 aliphatic rings. The minimum atomic E-state index is -3.71. The number of rotatable bonds is 4. The molecule has 1 aromatic heterocycles. The van der Waals surface area contributed by atoms with Gasteiger partial charge in [-0.2, -0.15) is 0 Å². The Balaban J connectivity index is 1.88. The second-order valence-corrected chi connectivity index (χ2v) is 9.86. The molecular weight excluding hydrogens is 394 g/mol. The Morgan fingerprint density at radius 1 is 0.833 bits per heavy atom. The average molecular weight is 420 g/mol. The van der Waals surface area contributed by atoms with E-state index in [0.29, 0.717) is 17.7 Å². The van der Waals surface area contributed by atoms with Gasteiger partial charge in [-0.3, -0.25) is 0 Å². The van der Waals surface area contributed by atoms with E-state index in [-0.39, 0.29) is 4.90 Å². The molecule has 1 N–H and O–H groups in total. The molecule has 0 unspecified atom stereocenters. The van der Waals surface area contributed by atoms with E-state index in [9.17, 15) is 13.5 Å². The topological polar surface area (TPSA) is 59.3 Å². The Hall–Kier alpha value is -3.05. The third-order valence-corrected chi connectivity index (χ3v) is 7.22. The number of hydrogen-bond acceptors (Lipinski definition) is 3. The molecular formula is C25H25NO3S. The van der Waals surface area contributed by atoms with Gasteiger partial charge in [0.1, 0.15) is 5.75 Å². The van der Waals surface area contributed by atoms with Gasteiger partial charge in [0.05, 0.1) is 10.4 Å². The number of phenols is 1. The number of aryl methyl sites for hydroxylation is 4. The van der Waals surface area contributed by atoms with Gasteiger partial charge in [0.15, 0.2) is 0 Å². The van der Waals surface area contributed by atoms with Crippen LogP contribution in [0.2, 0.25) is 0 Å². The fourth-order valence-corrected chi connectivity index (χ4v) is 5.30. The molecule has 0 bridgehead atoms. The summed E-state index contributed by atoms with van der Waals surface area (Å²) in [5.41, 5.74) is 6.37. The van der Waals surface area contributed by atoms with Crippen molar-refractivity contribution in [2.24, 2.45) is 0 Å². The van der Waals surface area contributed by atoms with Gasteiger partial charge in [0.2, 0.25) is 0 Å². The molecule has 30 heavy (non-hydrogen) atoms. The van der Waals surface area contributed by atoms with Crippen LogP contribution in [0.5, 0.6) is 5.75 Å².